The van der Waals surface area contributed by atoms with Crippen LogP contribution in [0, 0.1) is 0 Å². The fourth-order valence-corrected chi connectivity index (χ4v) is 4.88. The zero-order chi connectivity index (χ0) is 22.8. The van der Waals surface area contributed by atoms with Crippen molar-refractivity contribution in [2.45, 2.75) is 12.5 Å². The molecule has 3 aromatic rings. The lowest BCUT2D eigenvalue weighted by Gasteiger charge is -2.43. The van der Waals surface area contributed by atoms with Crippen LogP contribution in [0.15, 0.2) is 60.7 Å². The molecule has 1 aliphatic rings. The summed E-state index contributed by atoms with van der Waals surface area (Å²) in [6, 6.07) is 18.3. The van der Waals surface area contributed by atoms with E-state index in [1.165, 1.54) is 0 Å². The maximum absolute atomic E-state index is 13.1. The van der Waals surface area contributed by atoms with Gasteiger partial charge in [-0.2, -0.15) is 0 Å². The predicted octanol–water partition coefficient (Wildman–Crippen LogP) is 7.59. The van der Waals surface area contributed by atoms with Crippen molar-refractivity contribution in [1.82, 2.24) is 4.90 Å². The van der Waals surface area contributed by atoms with Gasteiger partial charge in [0, 0.05) is 29.7 Å². The van der Waals surface area contributed by atoms with Crippen molar-refractivity contribution >= 4 is 69.6 Å². The van der Waals surface area contributed by atoms with E-state index in [1.54, 1.807) is 18.2 Å². The summed E-state index contributed by atoms with van der Waals surface area (Å²) < 4.78 is 0. The number of benzene rings is 3. The summed E-state index contributed by atoms with van der Waals surface area (Å²) in [6.45, 7) is 1.71. The second kappa shape index (κ2) is 10.1. The van der Waals surface area contributed by atoms with Crippen molar-refractivity contribution < 1.29 is 4.79 Å². The van der Waals surface area contributed by atoms with Gasteiger partial charge in [0.15, 0.2) is 0 Å². The molecule has 3 nitrogen and oxygen atoms in total. The topological polar surface area (TPSA) is 23.6 Å². The first kappa shape index (κ1) is 23.5. The van der Waals surface area contributed by atoms with Crippen LogP contribution in [-0.2, 0) is 11.2 Å². The molecule has 0 radical (unpaired) electrons. The van der Waals surface area contributed by atoms with E-state index >= 15 is 0 Å². The Labute approximate surface area is 212 Å². The molecule has 4 rings (SSSR count). The third-order valence-corrected chi connectivity index (χ3v) is 7.08. The molecule has 0 spiro atoms. The van der Waals surface area contributed by atoms with Crippen LogP contribution in [0.5, 0.6) is 0 Å². The summed E-state index contributed by atoms with van der Waals surface area (Å²) in [5, 5.41) is 2.73. The molecule has 1 amide bonds. The highest BCUT2D eigenvalue weighted by molar-refractivity contribution is 6.42. The Morgan fingerprint density at radius 1 is 0.781 bits per heavy atom. The third kappa shape index (κ3) is 5.30. The molecular formula is C24H19Cl5N2O. The maximum Gasteiger partial charge on any atom is 0.227 e. The minimum absolute atomic E-state index is 0.0317. The van der Waals surface area contributed by atoms with Crippen molar-refractivity contribution in [3.05, 3.63) is 96.9 Å². The van der Waals surface area contributed by atoms with Gasteiger partial charge in [-0.1, -0.05) is 76.2 Å². The molecule has 0 bridgehead atoms. The van der Waals surface area contributed by atoms with Crippen molar-refractivity contribution in [2.75, 3.05) is 24.5 Å². The molecule has 0 aliphatic carbocycles. The standard InChI is InChI=1S/C24H19Cl5N2O/c25-17-4-2-16(3-5-17)23-14-30(24(32)12-15-1-7-19(27)20(28)11-15)9-10-31(23)22-8-6-18(26)13-21(22)29/h1-8,11,13,23H,9-10,12,14H2. The first-order chi connectivity index (χ1) is 15.3. The lowest BCUT2D eigenvalue weighted by molar-refractivity contribution is -0.131. The number of carbonyl (C=O) groups is 1. The highest BCUT2D eigenvalue weighted by Crippen LogP contribution is 2.37. The van der Waals surface area contributed by atoms with Gasteiger partial charge in [0.05, 0.1) is 33.2 Å². The number of anilines is 1. The Bertz CT molecular complexity index is 1140. The van der Waals surface area contributed by atoms with Crippen LogP contribution in [0.3, 0.4) is 0 Å². The summed E-state index contributed by atoms with van der Waals surface area (Å²) in [6.07, 6.45) is 0.256. The summed E-state index contributed by atoms with van der Waals surface area (Å²) >= 11 is 30.8. The first-order valence-corrected chi connectivity index (χ1v) is 11.9. The molecule has 0 N–H and O–H groups in total. The second-order valence-electron chi connectivity index (χ2n) is 7.62. The fourth-order valence-electron chi connectivity index (χ4n) is 3.92. The molecule has 3 aromatic carbocycles. The van der Waals surface area contributed by atoms with Gasteiger partial charge in [-0.3, -0.25) is 4.79 Å². The average Bonchev–Trinajstić information content (AvgIpc) is 2.77. The van der Waals surface area contributed by atoms with Gasteiger partial charge in [0.25, 0.3) is 0 Å². The number of halogens is 5. The van der Waals surface area contributed by atoms with E-state index in [0.717, 1.165) is 16.8 Å². The van der Waals surface area contributed by atoms with E-state index in [0.29, 0.717) is 44.7 Å². The second-order valence-corrected chi connectivity index (χ2v) is 9.72. The van der Waals surface area contributed by atoms with E-state index in [1.807, 2.05) is 47.4 Å². The largest absolute Gasteiger partial charge is 0.360 e. The lowest BCUT2D eigenvalue weighted by Crippen LogP contribution is -2.51. The van der Waals surface area contributed by atoms with Gasteiger partial charge in [-0.15, -0.1) is 0 Å². The Morgan fingerprint density at radius 3 is 2.19 bits per heavy atom. The molecule has 166 valence electrons. The molecule has 0 saturated carbocycles. The number of hydrogen-bond donors (Lipinski definition) is 0. The maximum atomic E-state index is 13.1. The van der Waals surface area contributed by atoms with E-state index in [-0.39, 0.29) is 18.4 Å². The highest BCUT2D eigenvalue weighted by Gasteiger charge is 2.32. The number of hydrogen-bond acceptors (Lipinski definition) is 2. The normalized spacial score (nSPS) is 16.3. The summed E-state index contributed by atoms with van der Waals surface area (Å²) in [7, 11) is 0. The molecule has 0 aromatic heterocycles. The van der Waals surface area contributed by atoms with Gasteiger partial charge in [-0.25, -0.2) is 0 Å². The van der Waals surface area contributed by atoms with Crippen LogP contribution in [0.4, 0.5) is 5.69 Å². The lowest BCUT2D eigenvalue weighted by atomic mass is 10.0. The Kier molecular flexibility index (Phi) is 7.44. The van der Waals surface area contributed by atoms with Crippen molar-refractivity contribution in [2.24, 2.45) is 0 Å². The van der Waals surface area contributed by atoms with Crippen LogP contribution in [0.2, 0.25) is 25.1 Å². The zero-order valence-corrected chi connectivity index (χ0v) is 20.7. The van der Waals surface area contributed by atoms with Crippen molar-refractivity contribution in [3.63, 3.8) is 0 Å². The van der Waals surface area contributed by atoms with Gasteiger partial charge in [0.1, 0.15) is 0 Å². The smallest absolute Gasteiger partial charge is 0.227 e. The molecule has 8 heteroatoms. The van der Waals surface area contributed by atoms with Gasteiger partial charge >= 0.3 is 0 Å². The van der Waals surface area contributed by atoms with Crippen LogP contribution >= 0.6 is 58.0 Å². The average molecular weight is 529 g/mol. The Morgan fingerprint density at radius 2 is 1.50 bits per heavy atom. The molecule has 32 heavy (non-hydrogen) atoms. The summed E-state index contributed by atoms with van der Waals surface area (Å²) in [4.78, 5) is 17.2. The molecule has 1 aliphatic heterocycles. The number of nitrogens with zero attached hydrogens (tertiary/aromatic N) is 2. The van der Waals surface area contributed by atoms with Crippen LogP contribution in [0.25, 0.3) is 0 Å². The summed E-state index contributed by atoms with van der Waals surface area (Å²) in [5.74, 6) is 0.0317. The SMILES string of the molecule is O=C(Cc1ccc(Cl)c(Cl)c1)N1CCN(c2ccc(Cl)cc2Cl)C(c2ccc(Cl)cc2)C1. The molecule has 1 fully saturated rings. The van der Waals surface area contributed by atoms with E-state index in [4.69, 9.17) is 58.0 Å². The predicted molar refractivity (Wildman–Crippen MR) is 135 cm³/mol. The van der Waals surface area contributed by atoms with E-state index in [9.17, 15) is 4.79 Å². The molecule has 1 saturated heterocycles. The van der Waals surface area contributed by atoms with E-state index < -0.39 is 0 Å². The highest BCUT2D eigenvalue weighted by atomic mass is 35.5. The Balaban J connectivity index is 1.60. The van der Waals surface area contributed by atoms with E-state index in [2.05, 4.69) is 4.90 Å². The van der Waals surface area contributed by atoms with Crippen molar-refractivity contribution in [3.8, 4) is 0 Å². The first-order valence-electron chi connectivity index (χ1n) is 10.0. The van der Waals surface area contributed by atoms with Crippen LogP contribution in [0.1, 0.15) is 17.2 Å². The number of piperazine rings is 1. The molecular weight excluding hydrogens is 510 g/mol. The number of carbonyl (C=O) groups excluding carboxylic acids is 1. The minimum atomic E-state index is -0.0857. The summed E-state index contributed by atoms with van der Waals surface area (Å²) in [5.41, 5.74) is 2.76. The van der Waals surface area contributed by atoms with Gasteiger partial charge in [0.2, 0.25) is 5.91 Å². The van der Waals surface area contributed by atoms with Crippen LogP contribution < -0.4 is 4.90 Å². The number of amides is 1. The minimum Gasteiger partial charge on any atom is -0.360 e. The quantitative estimate of drug-likeness (QED) is 0.348. The van der Waals surface area contributed by atoms with Gasteiger partial charge in [-0.05, 0) is 53.6 Å². The van der Waals surface area contributed by atoms with Crippen molar-refractivity contribution in [1.29, 1.82) is 0 Å². The number of rotatable bonds is 4. The molecule has 1 heterocycles. The van der Waals surface area contributed by atoms with Crippen LogP contribution in [-0.4, -0.2) is 30.4 Å². The Hall–Kier alpha value is -1.62. The molecule has 1 atom stereocenters. The molecule has 1 unspecified atom stereocenters. The third-order valence-electron chi connectivity index (χ3n) is 5.55. The fraction of sp³-hybridized carbons (Fsp3) is 0.208. The zero-order valence-electron chi connectivity index (χ0n) is 16.9. The monoisotopic (exact) mass is 526 g/mol. The van der Waals surface area contributed by atoms with Gasteiger partial charge < -0.3 is 9.80 Å².